The van der Waals surface area contributed by atoms with Crippen molar-refractivity contribution in [3.8, 4) is 0 Å². The minimum atomic E-state index is -4.51. The topological polar surface area (TPSA) is 69.6 Å². The van der Waals surface area contributed by atoms with Crippen molar-refractivity contribution in [2.75, 3.05) is 31.6 Å². The molecule has 0 bridgehead atoms. The molecule has 114 valence electrons. The number of hydrogen-bond acceptors (Lipinski definition) is 4. The summed E-state index contributed by atoms with van der Waals surface area (Å²) in [6.07, 6.45) is -4.51. The number of benzene rings is 1. The highest BCUT2D eigenvalue weighted by atomic mass is 32.2. The Balaban J connectivity index is 3.27. The number of alkyl halides is 3. The Labute approximate surface area is 115 Å². The first-order valence-electron chi connectivity index (χ1n) is 5.66. The number of sulfonamides is 1. The fraction of sp³-hybridized carbons (Fsp3) is 0.455. The second-order valence-electron chi connectivity index (χ2n) is 3.94. The molecule has 0 radical (unpaired) electrons. The molecule has 0 saturated carbocycles. The molecule has 0 fully saturated rings. The van der Waals surface area contributed by atoms with Crippen molar-refractivity contribution in [2.45, 2.75) is 11.1 Å². The Morgan fingerprint density at radius 3 is 2.40 bits per heavy atom. The summed E-state index contributed by atoms with van der Waals surface area (Å²) < 4.78 is 63.3. The van der Waals surface area contributed by atoms with Gasteiger partial charge < -0.3 is 10.0 Å². The van der Waals surface area contributed by atoms with Crippen LogP contribution in [0.2, 0.25) is 0 Å². The number of para-hydroxylation sites is 1. The number of aliphatic hydroxyl groups excluding tert-OH is 1. The van der Waals surface area contributed by atoms with Gasteiger partial charge in [0.25, 0.3) is 0 Å². The summed E-state index contributed by atoms with van der Waals surface area (Å²) in [7, 11) is -2.72. The summed E-state index contributed by atoms with van der Waals surface area (Å²) in [6.45, 7) is -2.19. The maximum Gasteiger partial charge on any atom is 0.405 e. The molecule has 1 aromatic carbocycles. The van der Waals surface area contributed by atoms with Gasteiger partial charge in [-0.3, -0.25) is 0 Å². The first kappa shape index (κ1) is 16.7. The SMILES string of the molecule is CNS(=O)(=O)c1ccccc1N(CCO)CC(F)(F)F. The van der Waals surface area contributed by atoms with E-state index in [0.717, 1.165) is 4.90 Å². The molecule has 0 aliphatic carbocycles. The zero-order valence-corrected chi connectivity index (χ0v) is 11.5. The summed E-state index contributed by atoms with van der Waals surface area (Å²) in [5.74, 6) is 0. The number of aliphatic hydroxyl groups is 1. The van der Waals surface area contributed by atoms with Crippen LogP contribution in [0.4, 0.5) is 18.9 Å². The maximum atomic E-state index is 12.5. The van der Waals surface area contributed by atoms with Crippen LogP contribution in [0.5, 0.6) is 0 Å². The molecule has 1 rings (SSSR count). The van der Waals surface area contributed by atoms with Gasteiger partial charge in [-0.2, -0.15) is 13.2 Å². The number of hydrogen-bond donors (Lipinski definition) is 2. The van der Waals surface area contributed by atoms with E-state index in [2.05, 4.69) is 4.72 Å². The van der Waals surface area contributed by atoms with Gasteiger partial charge in [-0.15, -0.1) is 0 Å². The third-order valence-corrected chi connectivity index (χ3v) is 3.97. The van der Waals surface area contributed by atoms with E-state index in [9.17, 15) is 21.6 Å². The van der Waals surface area contributed by atoms with Gasteiger partial charge in [0.2, 0.25) is 10.0 Å². The zero-order chi connectivity index (χ0) is 15.4. The quantitative estimate of drug-likeness (QED) is 0.821. The van der Waals surface area contributed by atoms with Crippen LogP contribution in [0.25, 0.3) is 0 Å². The number of halogens is 3. The largest absolute Gasteiger partial charge is 0.405 e. The van der Waals surface area contributed by atoms with E-state index in [0.29, 0.717) is 0 Å². The Kier molecular flexibility index (Phi) is 5.37. The van der Waals surface area contributed by atoms with E-state index in [1.54, 1.807) is 0 Å². The second kappa shape index (κ2) is 6.42. The molecule has 5 nitrogen and oxygen atoms in total. The van der Waals surface area contributed by atoms with Crippen molar-refractivity contribution in [1.82, 2.24) is 4.72 Å². The monoisotopic (exact) mass is 312 g/mol. The minimum absolute atomic E-state index is 0.103. The van der Waals surface area contributed by atoms with E-state index in [1.165, 1.54) is 31.3 Å². The fourth-order valence-electron chi connectivity index (χ4n) is 1.68. The van der Waals surface area contributed by atoms with Crippen LogP contribution in [-0.2, 0) is 10.0 Å². The van der Waals surface area contributed by atoms with E-state index in [1.807, 2.05) is 0 Å². The van der Waals surface area contributed by atoms with E-state index < -0.39 is 29.4 Å². The molecule has 0 aliphatic heterocycles. The van der Waals surface area contributed by atoms with Crippen LogP contribution in [0, 0.1) is 0 Å². The average molecular weight is 312 g/mol. The van der Waals surface area contributed by atoms with Gasteiger partial charge in [0, 0.05) is 6.54 Å². The first-order valence-corrected chi connectivity index (χ1v) is 7.14. The lowest BCUT2D eigenvalue weighted by Gasteiger charge is -2.27. The molecule has 20 heavy (non-hydrogen) atoms. The molecule has 0 aromatic heterocycles. The van der Waals surface area contributed by atoms with Gasteiger partial charge >= 0.3 is 6.18 Å². The molecule has 0 spiro atoms. The minimum Gasteiger partial charge on any atom is -0.395 e. The third kappa shape index (κ3) is 4.36. The summed E-state index contributed by atoms with van der Waals surface area (Å²) in [5, 5.41) is 8.87. The first-order chi connectivity index (χ1) is 9.21. The predicted octanol–water partition coefficient (Wildman–Crippen LogP) is 0.956. The number of rotatable bonds is 6. The van der Waals surface area contributed by atoms with E-state index in [4.69, 9.17) is 5.11 Å². The molecule has 0 saturated heterocycles. The van der Waals surface area contributed by atoms with E-state index in [-0.39, 0.29) is 17.1 Å². The molecule has 0 unspecified atom stereocenters. The second-order valence-corrected chi connectivity index (χ2v) is 5.79. The summed E-state index contributed by atoms with van der Waals surface area (Å²) in [6, 6.07) is 5.33. The standard InChI is InChI=1S/C11H15F3N2O3S/c1-15-20(18,19)10-5-3-2-4-9(10)16(6-7-17)8-11(12,13)14/h2-5,15,17H,6-8H2,1H3. The average Bonchev–Trinajstić information content (AvgIpc) is 2.37. The van der Waals surface area contributed by atoms with Crippen LogP contribution in [0.3, 0.4) is 0 Å². The molecular weight excluding hydrogens is 297 g/mol. The lowest BCUT2D eigenvalue weighted by atomic mass is 10.3. The van der Waals surface area contributed by atoms with Crippen LogP contribution >= 0.6 is 0 Å². The number of anilines is 1. The van der Waals surface area contributed by atoms with Gasteiger partial charge in [0.15, 0.2) is 0 Å². The normalized spacial score (nSPS) is 12.4. The van der Waals surface area contributed by atoms with Gasteiger partial charge in [-0.05, 0) is 19.2 Å². The van der Waals surface area contributed by atoms with Crippen LogP contribution < -0.4 is 9.62 Å². The van der Waals surface area contributed by atoms with Gasteiger partial charge in [0.1, 0.15) is 11.4 Å². The Morgan fingerprint density at radius 1 is 1.30 bits per heavy atom. The van der Waals surface area contributed by atoms with Crippen LogP contribution in [-0.4, -0.2) is 46.4 Å². The summed E-state index contributed by atoms with van der Waals surface area (Å²) in [4.78, 5) is 0.518. The number of nitrogens with one attached hydrogen (secondary N) is 1. The van der Waals surface area contributed by atoms with Gasteiger partial charge in [-0.25, -0.2) is 13.1 Å². The fourth-order valence-corrected chi connectivity index (χ4v) is 2.63. The summed E-state index contributed by atoms with van der Waals surface area (Å²) in [5.41, 5.74) is -0.103. The predicted molar refractivity (Wildman–Crippen MR) is 68.0 cm³/mol. The van der Waals surface area contributed by atoms with Crippen molar-refractivity contribution in [2.24, 2.45) is 0 Å². The van der Waals surface area contributed by atoms with E-state index >= 15 is 0 Å². The number of nitrogens with zero attached hydrogens (tertiary/aromatic N) is 1. The highest BCUT2D eigenvalue weighted by molar-refractivity contribution is 7.89. The molecule has 0 aliphatic rings. The van der Waals surface area contributed by atoms with Crippen molar-refractivity contribution in [3.63, 3.8) is 0 Å². The van der Waals surface area contributed by atoms with Gasteiger partial charge in [0.05, 0.1) is 12.3 Å². The Bertz CT molecular complexity index is 546. The van der Waals surface area contributed by atoms with Crippen LogP contribution in [0.15, 0.2) is 29.2 Å². The molecule has 2 N–H and O–H groups in total. The molecule has 9 heteroatoms. The molecule has 0 amide bonds. The molecular formula is C11H15F3N2O3S. The highest BCUT2D eigenvalue weighted by Gasteiger charge is 2.32. The summed E-state index contributed by atoms with van der Waals surface area (Å²) >= 11 is 0. The van der Waals surface area contributed by atoms with Crippen molar-refractivity contribution < 1.29 is 26.7 Å². The molecule has 1 aromatic rings. The third-order valence-electron chi connectivity index (χ3n) is 2.50. The Morgan fingerprint density at radius 2 is 1.90 bits per heavy atom. The van der Waals surface area contributed by atoms with Crippen molar-refractivity contribution >= 4 is 15.7 Å². The molecule has 0 atom stereocenters. The van der Waals surface area contributed by atoms with Crippen LogP contribution in [0.1, 0.15) is 0 Å². The maximum absolute atomic E-state index is 12.5. The van der Waals surface area contributed by atoms with Crippen molar-refractivity contribution in [1.29, 1.82) is 0 Å². The van der Waals surface area contributed by atoms with Gasteiger partial charge in [-0.1, -0.05) is 12.1 Å². The smallest absolute Gasteiger partial charge is 0.395 e. The highest BCUT2D eigenvalue weighted by Crippen LogP contribution is 2.27. The molecule has 0 heterocycles. The zero-order valence-electron chi connectivity index (χ0n) is 10.7. The lowest BCUT2D eigenvalue weighted by molar-refractivity contribution is -0.119. The van der Waals surface area contributed by atoms with Crippen molar-refractivity contribution in [3.05, 3.63) is 24.3 Å². The Hall–Kier alpha value is -1.32. The lowest BCUT2D eigenvalue weighted by Crippen LogP contribution is -2.37.